The summed E-state index contributed by atoms with van der Waals surface area (Å²) in [5.74, 6) is -0.476. The molecule has 0 aromatic carbocycles. The van der Waals surface area contributed by atoms with Gasteiger partial charge in [0.05, 0.1) is 11.5 Å². The summed E-state index contributed by atoms with van der Waals surface area (Å²) in [4.78, 5) is 25.4. The molecular weight excluding hydrogens is 331 g/mol. The maximum absolute atomic E-state index is 12.5. The highest BCUT2D eigenvalue weighted by Gasteiger charge is 2.45. The maximum atomic E-state index is 12.5. The number of ether oxygens (including phenoxy) is 1. The zero-order chi connectivity index (χ0) is 17.4. The lowest BCUT2D eigenvalue weighted by Gasteiger charge is -2.39. The van der Waals surface area contributed by atoms with Crippen LogP contribution in [0.5, 0.6) is 0 Å². The molecule has 0 aromatic rings. The molecule has 0 spiro atoms. The van der Waals surface area contributed by atoms with Gasteiger partial charge in [-0.1, -0.05) is 0 Å². The first kappa shape index (κ1) is 18.4. The first-order valence-corrected chi connectivity index (χ1v) is 8.71. The second kappa shape index (κ2) is 6.53. The van der Waals surface area contributed by atoms with Crippen LogP contribution in [-0.4, -0.2) is 46.7 Å². The van der Waals surface area contributed by atoms with E-state index in [0.717, 1.165) is 6.42 Å². The predicted molar refractivity (Wildman–Crippen MR) is 80.7 cm³/mol. The highest BCUT2D eigenvalue weighted by molar-refractivity contribution is 7.99. The van der Waals surface area contributed by atoms with Crippen LogP contribution in [0.15, 0.2) is 0 Å². The van der Waals surface area contributed by atoms with Crippen LogP contribution in [0.4, 0.5) is 13.2 Å². The molecule has 0 aliphatic carbocycles. The average molecular weight is 353 g/mol. The molecule has 0 radical (unpaired) electrons. The second-order valence-electron chi connectivity index (χ2n) is 7.21. The Hall–Kier alpha value is -0.920. The van der Waals surface area contributed by atoms with E-state index >= 15 is 0 Å². The van der Waals surface area contributed by atoms with E-state index in [9.17, 15) is 22.8 Å². The standard InChI is InChI=1S/C15H22F3NO3S/c1-14(2,3)13(21)22-12-10-5-4-9(8-23-12)7-19(10)11(20)6-15(16,17)18/h9-10,12H,4-8H2,1-3H3. The molecule has 0 saturated carbocycles. The van der Waals surface area contributed by atoms with Crippen LogP contribution in [0.25, 0.3) is 0 Å². The van der Waals surface area contributed by atoms with Gasteiger partial charge in [-0.25, -0.2) is 0 Å². The number of hydrogen-bond donors (Lipinski definition) is 0. The Labute approximate surface area is 138 Å². The summed E-state index contributed by atoms with van der Waals surface area (Å²) in [6.45, 7) is 5.48. The topological polar surface area (TPSA) is 46.6 Å². The average Bonchev–Trinajstić information content (AvgIpc) is 2.67. The van der Waals surface area contributed by atoms with Gasteiger partial charge in [0.25, 0.3) is 0 Å². The lowest BCUT2D eigenvalue weighted by Crippen LogP contribution is -2.51. The van der Waals surface area contributed by atoms with Crippen LogP contribution in [0.3, 0.4) is 0 Å². The molecule has 3 aliphatic heterocycles. The number of rotatable bonds is 2. The molecule has 3 heterocycles. The van der Waals surface area contributed by atoms with Gasteiger partial charge >= 0.3 is 12.1 Å². The van der Waals surface area contributed by atoms with Crippen LogP contribution >= 0.6 is 11.8 Å². The van der Waals surface area contributed by atoms with Gasteiger partial charge in [0.15, 0.2) is 5.44 Å². The monoisotopic (exact) mass is 353 g/mol. The molecule has 3 saturated heterocycles. The Bertz CT molecular complexity index is 476. The fraction of sp³-hybridized carbons (Fsp3) is 0.867. The number of hydrogen-bond acceptors (Lipinski definition) is 4. The molecule has 3 rings (SSSR count). The molecule has 4 nitrogen and oxygen atoms in total. The molecular formula is C15H22F3NO3S. The Morgan fingerprint density at radius 2 is 1.87 bits per heavy atom. The lowest BCUT2D eigenvalue weighted by molar-refractivity contribution is -0.170. The number of nitrogens with zero attached hydrogens (tertiary/aromatic N) is 1. The number of fused-ring (bicyclic) bond motifs is 4. The van der Waals surface area contributed by atoms with Gasteiger partial charge in [-0.2, -0.15) is 13.2 Å². The summed E-state index contributed by atoms with van der Waals surface area (Å²) in [7, 11) is 0. The van der Waals surface area contributed by atoms with Crippen molar-refractivity contribution in [2.75, 3.05) is 12.3 Å². The molecule has 2 bridgehead atoms. The van der Waals surface area contributed by atoms with Crippen molar-refractivity contribution in [2.24, 2.45) is 11.3 Å². The van der Waals surface area contributed by atoms with Crippen LogP contribution in [0.2, 0.25) is 0 Å². The van der Waals surface area contributed by atoms with E-state index in [0.29, 0.717) is 18.7 Å². The summed E-state index contributed by atoms with van der Waals surface area (Å²) in [5, 5.41) is 0. The minimum Gasteiger partial charge on any atom is -0.449 e. The Morgan fingerprint density at radius 1 is 1.22 bits per heavy atom. The molecule has 3 unspecified atom stereocenters. The van der Waals surface area contributed by atoms with E-state index in [4.69, 9.17) is 4.74 Å². The zero-order valence-corrected chi connectivity index (χ0v) is 14.3. The number of halogens is 3. The zero-order valence-electron chi connectivity index (χ0n) is 13.5. The van der Waals surface area contributed by atoms with Gasteiger partial charge in [-0.05, 0) is 39.5 Å². The minimum atomic E-state index is -4.52. The number of esters is 1. The summed E-state index contributed by atoms with van der Waals surface area (Å²) >= 11 is 1.43. The number of piperidine rings is 1. The predicted octanol–water partition coefficient (Wildman–Crippen LogP) is 3.21. The highest BCUT2D eigenvalue weighted by Crippen LogP contribution is 2.39. The molecule has 3 atom stereocenters. The van der Waals surface area contributed by atoms with E-state index in [1.165, 1.54) is 16.7 Å². The Balaban J connectivity index is 2.13. The first-order chi connectivity index (χ1) is 10.5. The smallest absolute Gasteiger partial charge is 0.397 e. The number of thioether (sulfide) groups is 1. The van der Waals surface area contributed by atoms with E-state index < -0.39 is 41.4 Å². The van der Waals surface area contributed by atoms with Crippen molar-refractivity contribution in [3.63, 3.8) is 0 Å². The molecule has 8 heteroatoms. The summed E-state index contributed by atoms with van der Waals surface area (Å²) < 4.78 is 43.1. The number of alkyl halides is 3. The van der Waals surface area contributed by atoms with Crippen molar-refractivity contribution in [1.82, 2.24) is 4.90 Å². The quantitative estimate of drug-likeness (QED) is 0.715. The normalized spacial score (nSPS) is 28.4. The van der Waals surface area contributed by atoms with Gasteiger partial charge in [-0.3, -0.25) is 9.59 Å². The van der Waals surface area contributed by atoms with Crippen molar-refractivity contribution in [2.45, 2.75) is 57.7 Å². The van der Waals surface area contributed by atoms with E-state index in [1.807, 2.05) is 0 Å². The third-order valence-electron chi connectivity index (χ3n) is 4.04. The number of amides is 1. The van der Waals surface area contributed by atoms with Gasteiger partial charge in [-0.15, -0.1) is 11.8 Å². The van der Waals surface area contributed by atoms with Crippen molar-refractivity contribution in [1.29, 1.82) is 0 Å². The molecule has 3 aliphatic rings. The van der Waals surface area contributed by atoms with Crippen molar-refractivity contribution >= 4 is 23.6 Å². The summed E-state index contributed by atoms with van der Waals surface area (Å²) in [6.07, 6.45) is -4.56. The molecule has 0 aromatic heterocycles. The minimum absolute atomic E-state index is 0.159. The molecule has 132 valence electrons. The van der Waals surface area contributed by atoms with Crippen molar-refractivity contribution < 1.29 is 27.5 Å². The van der Waals surface area contributed by atoms with Crippen LogP contribution in [0.1, 0.15) is 40.0 Å². The third kappa shape index (κ3) is 4.78. The number of carbonyl (C=O) groups excluding carboxylic acids is 2. The van der Waals surface area contributed by atoms with Gasteiger partial charge in [0.2, 0.25) is 5.91 Å². The molecule has 1 amide bonds. The molecule has 3 fully saturated rings. The van der Waals surface area contributed by atoms with E-state index in [-0.39, 0.29) is 5.92 Å². The van der Waals surface area contributed by atoms with Gasteiger partial charge in [0.1, 0.15) is 6.42 Å². The number of carbonyl (C=O) groups is 2. The van der Waals surface area contributed by atoms with E-state index in [2.05, 4.69) is 0 Å². The van der Waals surface area contributed by atoms with Crippen LogP contribution in [-0.2, 0) is 14.3 Å². The fourth-order valence-corrected chi connectivity index (χ4v) is 4.18. The maximum Gasteiger partial charge on any atom is 0.397 e. The SMILES string of the molecule is CC(C)(C)C(=O)OC1SCC2CCC1N(C(=O)CC(F)(F)F)C2. The Morgan fingerprint density at radius 3 is 2.43 bits per heavy atom. The van der Waals surface area contributed by atoms with Crippen molar-refractivity contribution in [3.05, 3.63) is 0 Å². The first-order valence-electron chi connectivity index (χ1n) is 7.66. The second-order valence-corrected chi connectivity index (χ2v) is 8.34. The lowest BCUT2D eigenvalue weighted by atomic mass is 9.93. The third-order valence-corrected chi connectivity index (χ3v) is 5.45. The fourth-order valence-electron chi connectivity index (χ4n) is 2.78. The summed E-state index contributed by atoms with van der Waals surface area (Å²) in [6, 6.07) is -0.472. The van der Waals surface area contributed by atoms with Gasteiger partial charge in [0, 0.05) is 12.3 Å². The highest BCUT2D eigenvalue weighted by atomic mass is 32.2. The van der Waals surface area contributed by atoms with Crippen LogP contribution < -0.4 is 0 Å². The van der Waals surface area contributed by atoms with E-state index in [1.54, 1.807) is 20.8 Å². The van der Waals surface area contributed by atoms with Crippen LogP contribution in [0, 0.1) is 11.3 Å². The molecule has 23 heavy (non-hydrogen) atoms. The largest absolute Gasteiger partial charge is 0.449 e. The Kier molecular flexibility index (Phi) is 5.23. The molecule has 0 N–H and O–H groups in total. The van der Waals surface area contributed by atoms with Gasteiger partial charge < -0.3 is 9.64 Å². The summed E-state index contributed by atoms with van der Waals surface area (Å²) in [5.41, 5.74) is -1.28. The van der Waals surface area contributed by atoms with Crippen molar-refractivity contribution in [3.8, 4) is 0 Å².